The van der Waals surface area contributed by atoms with Crippen molar-refractivity contribution >= 4 is 21.8 Å². The van der Waals surface area contributed by atoms with Crippen LogP contribution < -0.4 is 14.8 Å². The summed E-state index contributed by atoms with van der Waals surface area (Å²) in [6, 6.07) is 6.98. The van der Waals surface area contributed by atoms with Crippen molar-refractivity contribution in [1.29, 1.82) is 0 Å². The molecule has 1 aromatic carbocycles. The first-order valence-corrected chi connectivity index (χ1v) is 7.89. The van der Waals surface area contributed by atoms with E-state index in [2.05, 4.69) is 10.0 Å². The molecule has 21 heavy (non-hydrogen) atoms. The Morgan fingerprint density at radius 2 is 1.90 bits per heavy atom. The highest BCUT2D eigenvalue weighted by Crippen LogP contribution is 2.24. The Bertz CT molecular complexity index is 585. The molecular formula is C13H21N3O4S. The van der Waals surface area contributed by atoms with E-state index >= 15 is 0 Å². The zero-order valence-corrected chi connectivity index (χ0v) is 13.4. The second-order valence-corrected chi connectivity index (χ2v) is 6.79. The molecule has 118 valence electrons. The van der Waals surface area contributed by atoms with E-state index in [0.717, 1.165) is 4.31 Å². The highest BCUT2D eigenvalue weighted by atomic mass is 32.2. The summed E-state index contributed by atoms with van der Waals surface area (Å²) in [6.45, 7) is 3.41. The fourth-order valence-corrected chi connectivity index (χ4v) is 1.98. The molecule has 0 aliphatic carbocycles. The number of hydrogen-bond acceptors (Lipinski definition) is 4. The largest absolute Gasteiger partial charge is 0.489 e. The van der Waals surface area contributed by atoms with Gasteiger partial charge in [-0.2, -0.15) is 17.4 Å². The summed E-state index contributed by atoms with van der Waals surface area (Å²) in [5.74, 6) is 0.0662. The number of nitrogens with zero attached hydrogens (tertiary/aromatic N) is 1. The van der Waals surface area contributed by atoms with Crippen LogP contribution in [0.4, 0.5) is 5.69 Å². The molecule has 0 aliphatic heterocycles. The van der Waals surface area contributed by atoms with Crippen LogP contribution >= 0.6 is 0 Å². The second-order valence-electron chi connectivity index (χ2n) is 4.82. The fraction of sp³-hybridized carbons (Fsp3) is 0.462. The average molecular weight is 315 g/mol. The van der Waals surface area contributed by atoms with E-state index in [-0.39, 0.29) is 12.6 Å². The maximum absolute atomic E-state index is 11.8. The van der Waals surface area contributed by atoms with Gasteiger partial charge in [-0.05, 0) is 26.0 Å². The lowest BCUT2D eigenvalue weighted by Gasteiger charge is -2.15. The van der Waals surface area contributed by atoms with Crippen molar-refractivity contribution in [3.8, 4) is 5.75 Å². The fourth-order valence-electron chi connectivity index (χ4n) is 1.41. The van der Waals surface area contributed by atoms with Gasteiger partial charge in [0, 0.05) is 14.1 Å². The monoisotopic (exact) mass is 315 g/mol. The van der Waals surface area contributed by atoms with Crippen LogP contribution in [0.25, 0.3) is 0 Å². The van der Waals surface area contributed by atoms with Gasteiger partial charge in [0.25, 0.3) is 10.2 Å². The number of carbonyl (C=O) groups is 1. The first-order chi connectivity index (χ1) is 9.72. The Hall–Kier alpha value is -1.64. The molecule has 0 spiro atoms. The second kappa shape index (κ2) is 7.39. The van der Waals surface area contributed by atoms with E-state index in [1.807, 2.05) is 13.8 Å². The molecule has 2 N–H and O–H groups in total. The predicted molar refractivity (Wildman–Crippen MR) is 81.4 cm³/mol. The Kier molecular flexibility index (Phi) is 6.13. The minimum Gasteiger partial charge on any atom is -0.489 e. The predicted octanol–water partition coefficient (Wildman–Crippen LogP) is 0.808. The first-order valence-electron chi connectivity index (χ1n) is 6.45. The molecule has 7 nitrogen and oxygen atoms in total. The number of para-hydroxylation sites is 2. The van der Waals surface area contributed by atoms with Crippen molar-refractivity contribution in [2.75, 3.05) is 26.0 Å². The van der Waals surface area contributed by atoms with Crippen LogP contribution in [0.15, 0.2) is 24.3 Å². The molecule has 0 radical (unpaired) electrons. The lowest BCUT2D eigenvalue weighted by molar-refractivity contribution is -0.115. The highest BCUT2D eigenvalue weighted by Gasteiger charge is 2.15. The number of amides is 1. The van der Waals surface area contributed by atoms with Gasteiger partial charge < -0.3 is 10.1 Å². The minimum atomic E-state index is -3.62. The van der Waals surface area contributed by atoms with Crippen LogP contribution in [-0.4, -0.2) is 45.4 Å². The smallest absolute Gasteiger partial charge is 0.279 e. The van der Waals surface area contributed by atoms with Crippen LogP contribution in [0.3, 0.4) is 0 Å². The Labute approximate surface area is 125 Å². The summed E-state index contributed by atoms with van der Waals surface area (Å²) in [5.41, 5.74) is 0.500. The third kappa shape index (κ3) is 5.70. The van der Waals surface area contributed by atoms with E-state index < -0.39 is 16.1 Å². The van der Waals surface area contributed by atoms with Gasteiger partial charge in [-0.15, -0.1) is 0 Å². The third-order valence-corrected chi connectivity index (χ3v) is 3.89. The zero-order chi connectivity index (χ0) is 16.0. The van der Waals surface area contributed by atoms with Crippen LogP contribution in [0.1, 0.15) is 13.8 Å². The number of hydrogen-bond donors (Lipinski definition) is 2. The standard InChI is InChI=1S/C13H21N3O4S/c1-10(2)20-12-8-6-5-7-11(12)15-13(17)9-14-21(18,19)16(3)4/h5-8,10,14H,9H2,1-4H3,(H,15,17). The SMILES string of the molecule is CC(C)Oc1ccccc1NC(=O)CNS(=O)(=O)N(C)C. The molecule has 0 bridgehead atoms. The lowest BCUT2D eigenvalue weighted by Crippen LogP contribution is -2.40. The zero-order valence-electron chi connectivity index (χ0n) is 12.6. The molecule has 8 heteroatoms. The molecule has 0 aromatic heterocycles. The van der Waals surface area contributed by atoms with Gasteiger partial charge in [-0.25, -0.2) is 0 Å². The van der Waals surface area contributed by atoms with Crippen molar-refractivity contribution in [3.63, 3.8) is 0 Å². The van der Waals surface area contributed by atoms with Gasteiger partial charge in [-0.3, -0.25) is 4.79 Å². The van der Waals surface area contributed by atoms with Gasteiger partial charge in [0.15, 0.2) is 0 Å². The van der Waals surface area contributed by atoms with E-state index in [1.165, 1.54) is 14.1 Å². The number of carbonyl (C=O) groups excluding carboxylic acids is 1. The van der Waals surface area contributed by atoms with E-state index in [0.29, 0.717) is 11.4 Å². The number of rotatable bonds is 7. The topological polar surface area (TPSA) is 87.7 Å². The molecule has 0 atom stereocenters. The molecule has 1 rings (SSSR count). The van der Waals surface area contributed by atoms with Crippen LogP contribution in [0.5, 0.6) is 5.75 Å². The third-order valence-electron chi connectivity index (χ3n) is 2.42. The summed E-state index contributed by atoms with van der Waals surface area (Å²) in [5, 5.41) is 2.62. The Morgan fingerprint density at radius 1 is 1.29 bits per heavy atom. The van der Waals surface area contributed by atoms with Gasteiger partial charge in [0.1, 0.15) is 5.75 Å². The maximum Gasteiger partial charge on any atom is 0.279 e. The number of ether oxygens (including phenoxy) is 1. The van der Waals surface area contributed by atoms with Crippen LogP contribution in [0, 0.1) is 0 Å². The summed E-state index contributed by atoms with van der Waals surface area (Å²) in [6.07, 6.45) is -0.0321. The van der Waals surface area contributed by atoms with Crippen LogP contribution in [-0.2, 0) is 15.0 Å². The molecular weight excluding hydrogens is 294 g/mol. The molecule has 1 amide bonds. The average Bonchev–Trinajstić information content (AvgIpc) is 2.38. The number of benzene rings is 1. The quantitative estimate of drug-likeness (QED) is 0.779. The van der Waals surface area contributed by atoms with E-state index in [9.17, 15) is 13.2 Å². The van der Waals surface area contributed by atoms with Gasteiger partial charge in [-0.1, -0.05) is 12.1 Å². The molecule has 0 heterocycles. The Balaban J connectivity index is 2.68. The lowest BCUT2D eigenvalue weighted by atomic mass is 10.3. The van der Waals surface area contributed by atoms with Crippen molar-refractivity contribution in [2.24, 2.45) is 0 Å². The molecule has 0 saturated carbocycles. The highest BCUT2D eigenvalue weighted by molar-refractivity contribution is 7.87. The molecule has 0 fully saturated rings. The maximum atomic E-state index is 11.8. The number of anilines is 1. The normalized spacial score (nSPS) is 11.7. The van der Waals surface area contributed by atoms with Crippen LogP contribution in [0.2, 0.25) is 0 Å². The Morgan fingerprint density at radius 3 is 2.48 bits per heavy atom. The molecule has 0 aliphatic rings. The van der Waals surface area contributed by atoms with Crippen molar-refractivity contribution in [2.45, 2.75) is 20.0 Å². The molecule has 0 saturated heterocycles. The van der Waals surface area contributed by atoms with Gasteiger partial charge in [0.05, 0.1) is 18.3 Å². The van der Waals surface area contributed by atoms with Crippen molar-refractivity contribution in [3.05, 3.63) is 24.3 Å². The summed E-state index contributed by atoms with van der Waals surface area (Å²) in [7, 11) is -0.861. The van der Waals surface area contributed by atoms with Crippen molar-refractivity contribution in [1.82, 2.24) is 9.03 Å². The summed E-state index contributed by atoms with van der Waals surface area (Å²) >= 11 is 0. The van der Waals surface area contributed by atoms with E-state index in [1.54, 1.807) is 24.3 Å². The van der Waals surface area contributed by atoms with Crippen molar-refractivity contribution < 1.29 is 17.9 Å². The minimum absolute atomic E-state index is 0.0321. The van der Waals surface area contributed by atoms with Gasteiger partial charge in [0.2, 0.25) is 5.91 Å². The first kappa shape index (κ1) is 17.4. The molecule has 0 unspecified atom stereocenters. The summed E-state index contributed by atoms with van der Waals surface area (Å²) < 4.78 is 31.8. The summed E-state index contributed by atoms with van der Waals surface area (Å²) in [4.78, 5) is 11.8. The van der Waals surface area contributed by atoms with Gasteiger partial charge >= 0.3 is 0 Å². The van der Waals surface area contributed by atoms with E-state index in [4.69, 9.17) is 4.74 Å². The molecule has 1 aromatic rings. The number of nitrogens with one attached hydrogen (secondary N) is 2.